The van der Waals surface area contributed by atoms with E-state index in [1.165, 1.54) is 17.0 Å². The molecule has 2 saturated heterocycles. The van der Waals surface area contributed by atoms with Crippen LogP contribution in [0.15, 0.2) is 30.6 Å². The number of aliphatic hydroxyl groups excluding tert-OH is 1. The molecule has 0 radical (unpaired) electrons. The average Bonchev–Trinajstić information content (AvgIpc) is 2.82. The Morgan fingerprint density at radius 1 is 1.17 bits per heavy atom. The Bertz CT molecular complexity index is 1000. The van der Waals surface area contributed by atoms with Crippen molar-refractivity contribution in [3.8, 4) is 17.1 Å². The summed E-state index contributed by atoms with van der Waals surface area (Å²) < 4.78 is 34.4. The molecule has 0 aliphatic carbocycles. The first-order chi connectivity index (χ1) is 16.7. The predicted molar refractivity (Wildman–Crippen MR) is 128 cm³/mol. The molecule has 2 aliphatic heterocycles. The minimum atomic E-state index is -1.18. The number of piperidine rings is 2. The molecule has 4 rings (SSSR count). The largest absolute Gasteiger partial charge is 0.490 e. The summed E-state index contributed by atoms with van der Waals surface area (Å²) in [7, 11) is 0. The number of β-amino-alcohol motifs (C(OH)–C–C–N with tert-alkyl or cyclic N) is 1. The maximum atomic E-state index is 14.7. The zero-order valence-electron chi connectivity index (χ0n) is 20.4. The Hall–Kier alpha value is -2.65. The van der Waals surface area contributed by atoms with Crippen LogP contribution >= 0.6 is 0 Å². The molecule has 2 aromatic rings. The van der Waals surface area contributed by atoms with Gasteiger partial charge in [-0.15, -0.1) is 0 Å². The molecule has 1 amide bonds. The first-order valence-corrected chi connectivity index (χ1v) is 12.3. The maximum absolute atomic E-state index is 14.7. The molecule has 3 heterocycles. The van der Waals surface area contributed by atoms with Crippen LogP contribution < -0.4 is 4.74 Å². The maximum Gasteiger partial charge on any atom is 0.256 e. The molecule has 0 spiro atoms. The molecule has 2 fully saturated rings. The van der Waals surface area contributed by atoms with Gasteiger partial charge in [0.1, 0.15) is 11.5 Å². The number of alkyl halides is 1. The van der Waals surface area contributed by atoms with E-state index in [0.717, 1.165) is 25.9 Å². The highest BCUT2D eigenvalue weighted by atomic mass is 19.1. The summed E-state index contributed by atoms with van der Waals surface area (Å²) in [5.41, 5.74) is -0.741. The van der Waals surface area contributed by atoms with E-state index in [9.17, 15) is 18.7 Å². The van der Waals surface area contributed by atoms with Crippen LogP contribution in [0.4, 0.5) is 8.78 Å². The normalized spacial score (nSPS) is 20.1. The van der Waals surface area contributed by atoms with Crippen molar-refractivity contribution in [2.45, 2.75) is 51.3 Å². The number of aromatic nitrogens is 2. The van der Waals surface area contributed by atoms with E-state index in [2.05, 4.69) is 14.9 Å². The van der Waals surface area contributed by atoms with Gasteiger partial charge >= 0.3 is 0 Å². The first kappa shape index (κ1) is 25.4. The van der Waals surface area contributed by atoms with Gasteiger partial charge in [-0.25, -0.2) is 18.7 Å². The van der Waals surface area contributed by atoms with Crippen molar-refractivity contribution >= 4 is 5.91 Å². The van der Waals surface area contributed by atoms with Crippen LogP contribution in [-0.2, 0) is 0 Å². The van der Waals surface area contributed by atoms with Crippen molar-refractivity contribution in [1.82, 2.24) is 19.8 Å². The second kappa shape index (κ2) is 11.0. The van der Waals surface area contributed by atoms with Crippen molar-refractivity contribution < 1.29 is 23.4 Å². The monoisotopic (exact) mass is 488 g/mol. The fourth-order valence-electron chi connectivity index (χ4n) is 4.73. The fraction of sp³-hybridized carbons (Fsp3) is 0.577. The molecule has 9 heteroatoms. The molecule has 35 heavy (non-hydrogen) atoms. The number of carbonyl (C=O) groups is 1. The zero-order valence-corrected chi connectivity index (χ0v) is 20.4. The second-order valence-electron chi connectivity index (χ2n) is 10.2. The predicted octanol–water partition coefficient (Wildman–Crippen LogP) is 3.72. The lowest BCUT2D eigenvalue weighted by Crippen LogP contribution is -2.42. The minimum Gasteiger partial charge on any atom is -0.490 e. The van der Waals surface area contributed by atoms with E-state index in [4.69, 9.17) is 4.74 Å². The third-order valence-electron chi connectivity index (χ3n) is 6.56. The summed E-state index contributed by atoms with van der Waals surface area (Å²) >= 11 is 0. The van der Waals surface area contributed by atoms with E-state index in [1.54, 1.807) is 32.3 Å². The Balaban J connectivity index is 1.30. The molecular weight excluding hydrogens is 454 g/mol. The van der Waals surface area contributed by atoms with E-state index < -0.39 is 23.5 Å². The van der Waals surface area contributed by atoms with Crippen LogP contribution in [0.1, 0.15) is 49.9 Å². The van der Waals surface area contributed by atoms with Crippen LogP contribution in [-0.4, -0.2) is 81.9 Å². The zero-order chi connectivity index (χ0) is 25.0. The van der Waals surface area contributed by atoms with Crippen molar-refractivity contribution in [2.75, 3.05) is 39.3 Å². The summed E-state index contributed by atoms with van der Waals surface area (Å²) in [5, 5.41) is 9.79. The van der Waals surface area contributed by atoms with Crippen LogP contribution in [0.2, 0.25) is 0 Å². The molecule has 0 saturated carbocycles. The number of likely N-dealkylation sites (tertiary alicyclic amines) is 2. The number of nitrogens with zero attached hydrogens (tertiary/aromatic N) is 4. The van der Waals surface area contributed by atoms with E-state index in [1.807, 2.05) is 0 Å². The minimum absolute atomic E-state index is 0.0241. The van der Waals surface area contributed by atoms with E-state index in [0.29, 0.717) is 55.6 Å². The van der Waals surface area contributed by atoms with Crippen LogP contribution in [0.3, 0.4) is 0 Å². The van der Waals surface area contributed by atoms with Crippen LogP contribution in [0.5, 0.6) is 5.75 Å². The van der Waals surface area contributed by atoms with E-state index >= 15 is 0 Å². The Kier molecular flexibility index (Phi) is 7.96. The molecule has 0 bridgehead atoms. The number of hydrogen-bond donors (Lipinski definition) is 1. The lowest BCUT2D eigenvalue weighted by molar-refractivity contribution is 0.0470. The summed E-state index contributed by atoms with van der Waals surface area (Å²) in [5.74, 6) is 0.215. The quantitative estimate of drug-likeness (QED) is 0.640. The van der Waals surface area contributed by atoms with Crippen LogP contribution in [0.25, 0.3) is 11.4 Å². The highest BCUT2D eigenvalue weighted by Crippen LogP contribution is 2.24. The van der Waals surface area contributed by atoms with Gasteiger partial charge in [0, 0.05) is 25.2 Å². The number of amides is 1. The smallest absolute Gasteiger partial charge is 0.256 e. The average molecular weight is 489 g/mol. The molecule has 1 N–H and O–H groups in total. The van der Waals surface area contributed by atoms with Gasteiger partial charge in [-0.05, 0) is 70.7 Å². The number of aliphatic hydroxyl groups is 1. The van der Waals surface area contributed by atoms with Gasteiger partial charge in [0.25, 0.3) is 5.91 Å². The molecule has 1 aromatic carbocycles. The molecule has 7 nitrogen and oxygen atoms in total. The van der Waals surface area contributed by atoms with Gasteiger partial charge in [0.15, 0.2) is 11.6 Å². The number of ether oxygens (including phenoxy) is 1. The molecule has 1 aromatic heterocycles. The summed E-state index contributed by atoms with van der Waals surface area (Å²) in [4.78, 5) is 24.9. The first-order valence-electron chi connectivity index (χ1n) is 12.3. The third-order valence-corrected chi connectivity index (χ3v) is 6.56. The van der Waals surface area contributed by atoms with Crippen molar-refractivity contribution in [2.24, 2.45) is 5.92 Å². The van der Waals surface area contributed by atoms with Crippen molar-refractivity contribution in [1.29, 1.82) is 0 Å². The number of rotatable bonds is 7. The highest BCUT2D eigenvalue weighted by molar-refractivity contribution is 5.95. The lowest BCUT2D eigenvalue weighted by Gasteiger charge is -2.34. The summed E-state index contributed by atoms with van der Waals surface area (Å²) in [6.45, 7) is 6.67. The SMILES string of the molecule is CC(C)(F)CN1CCC(COc2cnc(-c3ccc(C(=O)N4CCC[C@@H](O)C4)c(F)c3)nc2)CC1. The van der Waals surface area contributed by atoms with Gasteiger partial charge in [-0.1, -0.05) is 6.07 Å². The second-order valence-corrected chi connectivity index (χ2v) is 10.2. The highest BCUT2D eigenvalue weighted by Gasteiger charge is 2.26. The van der Waals surface area contributed by atoms with Crippen molar-refractivity contribution in [3.05, 3.63) is 42.0 Å². The molecule has 1 atom stereocenters. The third kappa shape index (κ3) is 6.95. The van der Waals surface area contributed by atoms with Crippen molar-refractivity contribution in [3.63, 3.8) is 0 Å². The van der Waals surface area contributed by atoms with E-state index in [-0.39, 0.29) is 12.1 Å². The Morgan fingerprint density at radius 2 is 1.89 bits per heavy atom. The van der Waals surface area contributed by atoms with Gasteiger partial charge in [-0.2, -0.15) is 0 Å². The van der Waals surface area contributed by atoms with Crippen LogP contribution in [0, 0.1) is 11.7 Å². The van der Waals surface area contributed by atoms with Gasteiger partial charge in [-0.3, -0.25) is 4.79 Å². The van der Waals surface area contributed by atoms with Gasteiger partial charge in [0.05, 0.1) is 30.7 Å². The number of benzene rings is 1. The van der Waals surface area contributed by atoms with Gasteiger partial charge < -0.3 is 19.6 Å². The van der Waals surface area contributed by atoms with Gasteiger partial charge in [0.2, 0.25) is 0 Å². The number of hydrogen-bond acceptors (Lipinski definition) is 6. The Labute approximate surface area is 205 Å². The Morgan fingerprint density at radius 3 is 2.51 bits per heavy atom. The standard InChI is InChI=1S/C26H34F2N4O3/c1-26(2,28)17-31-10-7-18(8-11-31)16-35-21-13-29-24(30-14-21)19-5-6-22(23(27)12-19)25(34)32-9-3-4-20(33)15-32/h5-6,12-14,18,20,33H,3-4,7-11,15-17H2,1-2H3/t20-/m1/s1. The summed E-state index contributed by atoms with van der Waals surface area (Å²) in [6.07, 6.45) is 5.83. The molecule has 190 valence electrons. The topological polar surface area (TPSA) is 78.8 Å². The number of halogens is 2. The molecular formula is C26H34F2N4O3. The fourth-order valence-corrected chi connectivity index (χ4v) is 4.73. The summed E-state index contributed by atoms with van der Waals surface area (Å²) in [6, 6.07) is 4.33. The molecule has 0 unspecified atom stereocenters. The molecule has 2 aliphatic rings. The number of carbonyl (C=O) groups excluding carboxylic acids is 1. The lowest BCUT2D eigenvalue weighted by atomic mass is 9.97.